The van der Waals surface area contributed by atoms with E-state index in [1.54, 1.807) is 25.1 Å². The predicted octanol–water partition coefficient (Wildman–Crippen LogP) is 3.13. The monoisotopic (exact) mass is 331 g/mol. The number of ether oxygens (including phenoxy) is 1. The lowest BCUT2D eigenvalue weighted by atomic mass is 9.79. The Morgan fingerprint density at radius 2 is 2.24 bits per heavy atom. The summed E-state index contributed by atoms with van der Waals surface area (Å²) >= 11 is 12.0. The van der Waals surface area contributed by atoms with Crippen molar-refractivity contribution in [2.45, 2.75) is 24.9 Å². The summed E-state index contributed by atoms with van der Waals surface area (Å²) in [6.07, 6.45) is -0.724. The van der Waals surface area contributed by atoms with Crippen LogP contribution in [0.2, 0.25) is 10.0 Å². The van der Waals surface area contributed by atoms with Crippen molar-refractivity contribution in [3.8, 4) is 0 Å². The summed E-state index contributed by atoms with van der Waals surface area (Å²) in [7, 11) is 0. The SMILES string of the molecule is CCOC(=O)C12CNCC(F)C1(c1ccc(Cl)c(Cl)c1)C2. The number of benzene rings is 1. The smallest absolute Gasteiger partial charge is 0.314 e. The zero-order chi connectivity index (χ0) is 15.3. The maximum absolute atomic E-state index is 14.7. The van der Waals surface area contributed by atoms with Gasteiger partial charge in [-0.3, -0.25) is 4.79 Å². The standard InChI is InChI=1S/C15H16Cl2FNO2/c1-2-21-13(20)14-7-15(14,12(18)6-19-8-14)9-3-4-10(16)11(17)5-9/h3-5,12,19H,2,6-8H2,1H3. The minimum Gasteiger partial charge on any atom is -0.465 e. The van der Waals surface area contributed by atoms with Crippen LogP contribution in [0, 0.1) is 5.41 Å². The molecule has 0 spiro atoms. The van der Waals surface area contributed by atoms with Crippen LogP contribution in [-0.4, -0.2) is 31.8 Å². The molecule has 2 aliphatic rings. The largest absolute Gasteiger partial charge is 0.465 e. The molecule has 1 aromatic carbocycles. The minimum atomic E-state index is -1.16. The Labute approximate surface area is 132 Å². The van der Waals surface area contributed by atoms with E-state index in [1.807, 2.05) is 0 Å². The summed E-state index contributed by atoms with van der Waals surface area (Å²) < 4.78 is 19.9. The molecule has 0 aromatic heterocycles. The first-order chi connectivity index (χ1) is 9.98. The fourth-order valence-electron chi connectivity index (χ4n) is 3.58. The Balaban J connectivity index is 2.04. The first-order valence-corrected chi connectivity index (χ1v) is 7.71. The van der Waals surface area contributed by atoms with E-state index in [2.05, 4.69) is 5.32 Å². The van der Waals surface area contributed by atoms with E-state index in [-0.39, 0.29) is 19.1 Å². The maximum Gasteiger partial charge on any atom is 0.314 e. The number of nitrogens with one attached hydrogen (secondary N) is 1. The van der Waals surface area contributed by atoms with Crippen molar-refractivity contribution in [1.29, 1.82) is 0 Å². The Morgan fingerprint density at radius 1 is 1.48 bits per heavy atom. The summed E-state index contributed by atoms with van der Waals surface area (Å²) in [4.78, 5) is 12.3. The van der Waals surface area contributed by atoms with Crippen LogP contribution in [0.5, 0.6) is 0 Å². The molecular formula is C15H16Cl2FNO2. The molecule has 1 aromatic rings. The highest BCUT2D eigenvalue weighted by Crippen LogP contribution is 2.69. The van der Waals surface area contributed by atoms with Crippen LogP contribution in [0.15, 0.2) is 18.2 Å². The Kier molecular flexibility index (Phi) is 3.67. The molecule has 0 bridgehead atoms. The summed E-state index contributed by atoms with van der Waals surface area (Å²) in [5, 5.41) is 3.79. The summed E-state index contributed by atoms with van der Waals surface area (Å²) in [6, 6.07) is 5.08. The second-order valence-corrected chi connectivity index (χ2v) is 6.49. The molecule has 0 amide bonds. The molecule has 2 fully saturated rings. The molecule has 1 heterocycles. The Hall–Kier alpha value is -0.840. The Morgan fingerprint density at radius 3 is 2.90 bits per heavy atom. The van der Waals surface area contributed by atoms with Gasteiger partial charge in [-0.2, -0.15) is 0 Å². The van der Waals surface area contributed by atoms with Crippen molar-refractivity contribution >= 4 is 29.2 Å². The normalized spacial score (nSPS) is 34.2. The van der Waals surface area contributed by atoms with Gasteiger partial charge >= 0.3 is 5.97 Å². The van der Waals surface area contributed by atoms with E-state index >= 15 is 0 Å². The average molecular weight is 332 g/mol. The molecule has 3 rings (SSSR count). The van der Waals surface area contributed by atoms with Crippen molar-refractivity contribution in [3.63, 3.8) is 0 Å². The number of fused-ring (bicyclic) bond motifs is 1. The molecule has 1 N–H and O–H groups in total. The highest BCUT2D eigenvalue weighted by atomic mass is 35.5. The molecule has 3 nitrogen and oxygen atoms in total. The van der Waals surface area contributed by atoms with Gasteiger partial charge in [0, 0.05) is 18.5 Å². The van der Waals surface area contributed by atoms with Crippen molar-refractivity contribution < 1.29 is 13.9 Å². The number of carbonyl (C=O) groups is 1. The molecule has 3 atom stereocenters. The van der Waals surface area contributed by atoms with E-state index in [4.69, 9.17) is 27.9 Å². The third kappa shape index (κ3) is 2.00. The molecule has 1 saturated heterocycles. The molecule has 1 saturated carbocycles. The second-order valence-electron chi connectivity index (χ2n) is 5.68. The second kappa shape index (κ2) is 5.11. The number of hydrogen-bond donors (Lipinski definition) is 1. The van der Waals surface area contributed by atoms with Crippen LogP contribution in [0.4, 0.5) is 4.39 Å². The zero-order valence-electron chi connectivity index (χ0n) is 11.6. The fourth-order valence-corrected chi connectivity index (χ4v) is 3.88. The van der Waals surface area contributed by atoms with Gasteiger partial charge in [0.05, 0.1) is 22.1 Å². The van der Waals surface area contributed by atoms with Gasteiger partial charge in [-0.25, -0.2) is 4.39 Å². The number of rotatable bonds is 3. The molecule has 114 valence electrons. The summed E-state index contributed by atoms with van der Waals surface area (Å²) in [5.41, 5.74) is -0.963. The average Bonchev–Trinajstić information content (AvgIpc) is 3.16. The van der Waals surface area contributed by atoms with Crippen LogP contribution >= 0.6 is 23.2 Å². The highest BCUT2D eigenvalue weighted by Gasteiger charge is 2.78. The number of alkyl halides is 1. The number of esters is 1. The third-order valence-electron chi connectivity index (χ3n) is 4.70. The van der Waals surface area contributed by atoms with Gasteiger partial charge in [0.2, 0.25) is 0 Å². The van der Waals surface area contributed by atoms with Crippen molar-refractivity contribution in [3.05, 3.63) is 33.8 Å². The van der Waals surface area contributed by atoms with E-state index < -0.39 is 17.0 Å². The summed E-state index contributed by atoms with van der Waals surface area (Å²) in [6.45, 7) is 2.68. The van der Waals surface area contributed by atoms with E-state index in [1.165, 1.54) is 0 Å². The van der Waals surface area contributed by atoms with Crippen LogP contribution in [0.3, 0.4) is 0 Å². The van der Waals surface area contributed by atoms with Gasteiger partial charge in [-0.05, 0) is 31.0 Å². The molecule has 21 heavy (non-hydrogen) atoms. The van der Waals surface area contributed by atoms with Crippen molar-refractivity contribution in [2.24, 2.45) is 5.41 Å². The first kappa shape index (κ1) is 15.1. The van der Waals surface area contributed by atoms with Gasteiger partial charge in [0.15, 0.2) is 0 Å². The topological polar surface area (TPSA) is 38.3 Å². The van der Waals surface area contributed by atoms with E-state index in [9.17, 15) is 9.18 Å². The predicted molar refractivity (Wildman–Crippen MR) is 79.6 cm³/mol. The molecule has 1 aliphatic heterocycles. The zero-order valence-corrected chi connectivity index (χ0v) is 13.1. The van der Waals surface area contributed by atoms with Crippen LogP contribution < -0.4 is 5.32 Å². The van der Waals surface area contributed by atoms with E-state index in [0.29, 0.717) is 23.0 Å². The molecule has 1 aliphatic carbocycles. The minimum absolute atomic E-state index is 0.224. The lowest BCUT2D eigenvalue weighted by Gasteiger charge is -2.33. The third-order valence-corrected chi connectivity index (χ3v) is 5.43. The van der Waals surface area contributed by atoms with Gasteiger partial charge in [0.1, 0.15) is 6.17 Å². The van der Waals surface area contributed by atoms with Crippen LogP contribution in [-0.2, 0) is 14.9 Å². The van der Waals surface area contributed by atoms with Crippen molar-refractivity contribution in [2.75, 3.05) is 19.7 Å². The lowest BCUT2D eigenvalue weighted by molar-refractivity contribution is -0.151. The number of piperidine rings is 1. The van der Waals surface area contributed by atoms with Gasteiger partial charge < -0.3 is 10.1 Å². The Bertz CT molecular complexity index is 597. The highest BCUT2D eigenvalue weighted by molar-refractivity contribution is 6.42. The summed E-state index contributed by atoms with van der Waals surface area (Å²) in [5.74, 6) is -0.342. The first-order valence-electron chi connectivity index (χ1n) is 6.95. The molecule has 0 radical (unpaired) electrons. The number of carbonyl (C=O) groups excluding carboxylic acids is 1. The molecule has 3 unspecified atom stereocenters. The quantitative estimate of drug-likeness (QED) is 0.865. The number of hydrogen-bond acceptors (Lipinski definition) is 3. The van der Waals surface area contributed by atoms with Gasteiger partial charge in [0.25, 0.3) is 0 Å². The molecule has 6 heteroatoms. The lowest BCUT2D eigenvalue weighted by Crippen LogP contribution is -2.50. The van der Waals surface area contributed by atoms with Crippen molar-refractivity contribution in [1.82, 2.24) is 5.32 Å². The fraction of sp³-hybridized carbons (Fsp3) is 0.533. The van der Waals surface area contributed by atoms with Crippen LogP contribution in [0.1, 0.15) is 18.9 Å². The number of halogens is 3. The molecular weight excluding hydrogens is 316 g/mol. The van der Waals surface area contributed by atoms with Gasteiger partial charge in [-0.15, -0.1) is 0 Å². The maximum atomic E-state index is 14.7. The van der Waals surface area contributed by atoms with Gasteiger partial charge in [-0.1, -0.05) is 29.3 Å². The van der Waals surface area contributed by atoms with Crippen LogP contribution in [0.25, 0.3) is 0 Å². The van der Waals surface area contributed by atoms with E-state index in [0.717, 1.165) is 5.56 Å².